The van der Waals surface area contributed by atoms with Crippen molar-refractivity contribution in [3.8, 4) is 0 Å². The zero-order chi connectivity index (χ0) is 15.8. The van der Waals surface area contributed by atoms with Crippen LogP contribution in [0, 0.1) is 5.82 Å². The topological polar surface area (TPSA) is 49.3 Å². The Morgan fingerprint density at radius 1 is 1.26 bits per heavy atom. The monoisotopic (exact) mass is 492 g/mol. The predicted molar refractivity (Wildman–Crippen MR) is 106 cm³/mol. The summed E-state index contributed by atoms with van der Waals surface area (Å²) in [4.78, 5) is 8.38. The Hall–Kier alpha value is -1.22. The van der Waals surface area contributed by atoms with Crippen LogP contribution in [0.4, 0.5) is 4.39 Å². The van der Waals surface area contributed by atoms with E-state index in [2.05, 4.69) is 36.5 Å². The van der Waals surface area contributed by atoms with Crippen molar-refractivity contribution in [3.63, 3.8) is 0 Å². The number of rotatable bonds is 5. The Bertz CT molecular complexity index is 637. The van der Waals surface area contributed by atoms with Crippen LogP contribution in [0.5, 0.6) is 0 Å². The van der Waals surface area contributed by atoms with Crippen LogP contribution < -0.4 is 10.6 Å². The normalized spacial score (nSPS) is 10.8. The number of nitrogens with one attached hydrogen (secondary N) is 2. The van der Waals surface area contributed by atoms with E-state index in [9.17, 15) is 4.39 Å². The first-order chi connectivity index (χ1) is 10.7. The van der Waals surface area contributed by atoms with Crippen molar-refractivity contribution in [2.75, 3.05) is 13.6 Å². The summed E-state index contributed by atoms with van der Waals surface area (Å²) in [5.74, 6) is 0.393. The molecular weight excluding hydrogens is 474 g/mol. The SMILES string of the molecule is CN=C(NCCc1ccccn1)NCc1ccc(Br)cc1F.I. The van der Waals surface area contributed by atoms with Gasteiger partial charge in [-0.3, -0.25) is 9.98 Å². The van der Waals surface area contributed by atoms with Crippen LogP contribution in [0.15, 0.2) is 52.1 Å². The molecule has 0 radical (unpaired) electrons. The highest BCUT2D eigenvalue weighted by Gasteiger charge is 2.04. The average Bonchev–Trinajstić information content (AvgIpc) is 2.53. The van der Waals surface area contributed by atoms with E-state index >= 15 is 0 Å². The lowest BCUT2D eigenvalue weighted by Crippen LogP contribution is -2.38. The van der Waals surface area contributed by atoms with Crippen molar-refractivity contribution in [3.05, 3.63) is 64.1 Å². The number of pyridine rings is 1. The molecule has 1 heterocycles. The lowest BCUT2D eigenvalue weighted by Gasteiger charge is -2.12. The van der Waals surface area contributed by atoms with Gasteiger partial charge in [0.25, 0.3) is 0 Å². The standard InChI is InChI=1S/C16H18BrFN4.HI/c1-19-16(21-9-7-14-4-2-3-8-20-14)22-11-12-5-6-13(17)10-15(12)18;/h2-6,8,10H,7,9,11H2,1H3,(H2,19,21,22);1H. The fraction of sp³-hybridized carbons (Fsp3) is 0.250. The van der Waals surface area contributed by atoms with Gasteiger partial charge in [0.1, 0.15) is 5.82 Å². The Morgan fingerprint density at radius 3 is 2.74 bits per heavy atom. The number of hydrogen-bond donors (Lipinski definition) is 2. The molecule has 0 aliphatic rings. The van der Waals surface area contributed by atoms with E-state index in [-0.39, 0.29) is 29.8 Å². The molecule has 2 rings (SSSR count). The molecule has 0 saturated carbocycles. The van der Waals surface area contributed by atoms with E-state index in [4.69, 9.17) is 0 Å². The molecule has 4 nitrogen and oxygen atoms in total. The zero-order valence-electron chi connectivity index (χ0n) is 12.7. The van der Waals surface area contributed by atoms with Gasteiger partial charge in [0, 0.05) is 48.5 Å². The summed E-state index contributed by atoms with van der Waals surface area (Å²) in [5, 5.41) is 6.28. The van der Waals surface area contributed by atoms with Crippen LogP contribution in [-0.4, -0.2) is 24.5 Å². The summed E-state index contributed by atoms with van der Waals surface area (Å²) < 4.78 is 14.5. The molecule has 0 bridgehead atoms. The van der Waals surface area contributed by atoms with Gasteiger partial charge < -0.3 is 10.6 Å². The van der Waals surface area contributed by atoms with Gasteiger partial charge in [0.2, 0.25) is 0 Å². The highest BCUT2D eigenvalue weighted by Crippen LogP contribution is 2.14. The fourth-order valence-corrected chi connectivity index (χ4v) is 2.25. The largest absolute Gasteiger partial charge is 0.356 e. The third-order valence-electron chi connectivity index (χ3n) is 3.08. The fourth-order valence-electron chi connectivity index (χ4n) is 1.92. The molecule has 2 N–H and O–H groups in total. The van der Waals surface area contributed by atoms with Gasteiger partial charge in [-0.25, -0.2) is 4.39 Å². The summed E-state index contributed by atoms with van der Waals surface area (Å²) in [5.41, 5.74) is 1.61. The Labute approximate surface area is 161 Å². The lowest BCUT2D eigenvalue weighted by atomic mass is 10.2. The molecule has 124 valence electrons. The third-order valence-corrected chi connectivity index (χ3v) is 3.58. The molecule has 0 aliphatic carbocycles. The van der Waals surface area contributed by atoms with Gasteiger partial charge >= 0.3 is 0 Å². The molecule has 2 aromatic rings. The first-order valence-corrected chi connectivity index (χ1v) is 7.76. The van der Waals surface area contributed by atoms with Gasteiger partial charge in [0.05, 0.1) is 0 Å². The molecule has 23 heavy (non-hydrogen) atoms. The van der Waals surface area contributed by atoms with Crippen LogP contribution in [0.2, 0.25) is 0 Å². The number of hydrogen-bond acceptors (Lipinski definition) is 2. The summed E-state index contributed by atoms with van der Waals surface area (Å²) in [6, 6.07) is 10.9. The molecular formula is C16H19BrFIN4. The van der Waals surface area contributed by atoms with E-state index < -0.39 is 0 Å². The summed E-state index contributed by atoms with van der Waals surface area (Å²) in [6.45, 7) is 1.09. The number of halogens is 3. The molecule has 0 aliphatic heterocycles. The average molecular weight is 493 g/mol. The van der Waals surface area contributed by atoms with Crippen molar-refractivity contribution < 1.29 is 4.39 Å². The first-order valence-electron chi connectivity index (χ1n) is 6.97. The zero-order valence-corrected chi connectivity index (χ0v) is 16.6. The smallest absolute Gasteiger partial charge is 0.191 e. The number of benzene rings is 1. The minimum absolute atomic E-state index is 0. The first kappa shape index (κ1) is 19.8. The van der Waals surface area contributed by atoms with Crippen LogP contribution in [0.1, 0.15) is 11.3 Å². The maximum absolute atomic E-state index is 13.7. The van der Waals surface area contributed by atoms with Crippen molar-refractivity contribution in [1.82, 2.24) is 15.6 Å². The highest BCUT2D eigenvalue weighted by molar-refractivity contribution is 14.0. The van der Waals surface area contributed by atoms with E-state index in [0.29, 0.717) is 24.6 Å². The minimum Gasteiger partial charge on any atom is -0.356 e. The molecule has 1 aromatic heterocycles. The minimum atomic E-state index is -0.245. The van der Waals surface area contributed by atoms with Gasteiger partial charge in [-0.05, 0) is 24.3 Å². The second kappa shape index (κ2) is 10.5. The highest BCUT2D eigenvalue weighted by atomic mass is 127. The molecule has 0 unspecified atom stereocenters. The van der Waals surface area contributed by atoms with Crippen LogP contribution in [0.25, 0.3) is 0 Å². The van der Waals surface area contributed by atoms with Gasteiger partial charge in [-0.1, -0.05) is 28.1 Å². The van der Waals surface area contributed by atoms with E-state index in [1.807, 2.05) is 24.3 Å². The van der Waals surface area contributed by atoms with Crippen molar-refractivity contribution >= 4 is 45.9 Å². The van der Waals surface area contributed by atoms with Gasteiger partial charge in [-0.2, -0.15) is 0 Å². The van der Waals surface area contributed by atoms with Gasteiger partial charge in [0.15, 0.2) is 5.96 Å². The Balaban J connectivity index is 0.00000264. The molecule has 0 saturated heterocycles. The maximum Gasteiger partial charge on any atom is 0.191 e. The Kier molecular flexibility index (Phi) is 9.08. The molecule has 0 atom stereocenters. The lowest BCUT2D eigenvalue weighted by molar-refractivity contribution is 0.604. The third kappa shape index (κ3) is 6.82. The van der Waals surface area contributed by atoms with E-state index in [1.165, 1.54) is 6.07 Å². The maximum atomic E-state index is 13.7. The van der Waals surface area contributed by atoms with Crippen molar-refractivity contribution in [2.45, 2.75) is 13.0 Å². The number of guanidine groups is 1. The summed E-state index contributed by atoms with van der Waals surface area (Å²) >= 11 is 3.24. The number of aromatic nitrogens is 1. The Morgan fingerprint density at radius 2 is 2.09 bits per heavy atom. The van der Waals surface area contributed by atoms with Gasteiger partial charge in [-0.15, -0.1) is 24.0 Å². The summed E-state index contributed by atoms with van der Waals surface area (Å²) in [7, 11) is 1.69. The summed E-state index contributed by atoms with van der Waals surface area (Å²) in [6.07, 6.45) is 2.58. The molecule has 0 spiro atoms. The molecule has 7 heteroatoms. The molecule has 0 amide bonds. The predicted octanol–water partition coefficient (Wildman–Crippen LogP) is 3.51. The molecule has 1 aromatic carbocycles. The van der Waals surface area contributed by atoms with E-state index in [1.54, 1.807) is 19.3 Å². The van der Waals surface area contributed by atoms with Crippen LogP contribution in [-0.2, 0) is 13.0 Å². The number of nitrogens with zero attached hydrogens (tertiary/aromatic N) is 2. The molecule has 0 fully saturated rings. The van der Waals surface area contributed by atoms with E-state index in [0.717, 1.165) is 16.6 Å². The van der Waals surface area contributed by atoms with Crippen LogP contribution in [0.3, 0.4) is 0 Å². The second-order valence-corrected chi connectivity index (χ2v) is 5.58. The number of aliphatic imine (C=N–C) groups is 1. The van der Waals surface area contributed by atoms with Crippen molar-refractivity contribution in [2.24, 2.45) is 4.99 Å². The van der Waals surface area contributed by atoms with Crippen LogP contribution >= 0.6 is 39.9 Å². The van der Waals surface area contributed by atoms with Crippen molar-refractivity contribution in [1.29, 1.82) is 0 Å². The quantitative estimate of drug-likeness (QED) is 0.381. The second-order valence-electron chi connectivity index (χ2n) is 4.66.